The Morgan fingerprint density at radius 1 is 0.464 bits per heavy atom. The van der Waals surface area contributed by atoms with Crippen molar-refractivity contribution in [2.24, 2.45) is 0 Å². The zero-order valence-electron chi connectivity index (χ0n) is 15.4. The summed E-state index contributed by atoms with van der Waals surface area (Å²) in [4.78, 5) is 0. The molecule has 0 saturated carbocycles. The van der Waals surface area contributed by atoms with Gasteiger partial charge in [0.25, 0.3) is 0 Å². The molecular formula is C24H22N4. The molecule has 4 nitrogen and oxygen atoms in total. The number of para-hydroxylation sites is 2. The minimum Gasteiger partial charge on any atom is -0.397 e. The number of benzene rings is 4. The Kier molecular flexibility index (Phi) is 4.85. The maximum absolute atomic E-state index is 6.03. The van der Waals surface area contributed by atoms with E-state index < -0.39 is 0 Å². The van der Waals surface area contributed by atoms with Crippen molar-refractivity contribution in [3.63, 3.8) is 0 Å². The van der Waals surface area contributed by atoms with Crippen LogP contribution >= 0.6 is 0 Å². The first-order valence-corrected chi connectivity index (χ1v) is 9.12. The van der Waals surface area contributed by atoms with Gasteiger partial charge in [-0.1, -0.05) is 48.5 Å². The molecule has 4 rings (SSSR count). The largest absolute Gasteiger partial charge is 0.397 e. The lowest BCUT2D eigenvalue weighted by molar-refractivity contribution is 1.52. The van der Waals surface area contributed by atoms with Crippen molar-refractivity contribution in [2.45, 2.75) is 0 Å². The lowest BCUT2D eigenvalue weighted by Gasteiger charge is -2.12. The smallest absolute Gasteiger partial charge is 0.0786 e. The van der Waals surface area contributed by atoms with Gasteiger partial charge in [-0.2, -0.15) is 0 Å². The van der Waals surface area contributed by atoms with E-state index in [0.29, 0.717) is 11.4 Å². The van der Waals surface area contributed by atoms with Crippen molar-refractivity contribution in [3.05, 3.63) is 97.1 Å². The molecule has 0 spiro atoms. The zero-order chi connectivity index (χ0) is 19.3. The molecule has 0 aromatic heterocycles. The highest BCUT2D eigenvalue weighted by molar-refractivity contribution is 5.82. The van der Waals surface area contributed by atoms with Gasteiger partial charge in [0.05, 0.1) is 17.1 Å². The van der Waals surface area contributed by atoms with Gasteiger partial charge < -0.3 is 22.1 Å². The molecule has 0 bridgehead atoms. The third kappa shape index (κ3) is 3.91. The Morgan fingerprint density at radius 2 is 1.00 bits per heavy atom. The maximum Gasteiger partial charge on any atom is 0.0786 e. The summed E-state index contributed by atoms with van der Waals surface area (Å²) in [7, 11) is 0. The molecule has 4 aromatic rings. The van der Waals surface area contributed by atoms with E-state index in [1.165, 1.54) is 0 Å². The van der Waals surface area contributed by atoms with Crippen LogP contribution in [-0.4, -0.2) is 0 Å². The summed E-state index contributed by atoms with van der Waals surface area (Å²) in [5, 5.41) is 6.71. The average Bonchev–Trinajstić information content (AvgIpc) is 2.73. The van der Waals surface area contributed by atoms with E-state index in [1.807, 2.05) is 54.6 Å². The van der Waals surface area contributed by atoms with Crippen molar-refractivity contribution in [3.8, 4) is 11.1 Å². The van der Waals surface area contributed by atoms with E-state index in [0.717, 1.165) is 33.9 Å². The van der Waals surface area contributed by atoms with E-state index in [4.69, 9.17) is 11.5 Å². The van der Waals surface area contributed by atoms with Crippen molar-refractivity contribution in [2.75, 3.05) is 22.1 Å². The molecule has 0 radical (unpaired) electrons. The molecule has 4 heteroatoms. The lowest BCUT2D eigenvalue weighted by atomic mass is 10.0. The molecule has 28 heavy (non-hydrogen) atoms. The molecule has 4 aromatic carbocycles. The number of nitrogens with two attached hydrogens (primary N) is 2. The standard InChI is InChI=1S/C24H22N4/c25-22-7-4-8-23(24(22)26)28-21-15-11-18(12-16-21)17-9-13-20(14-10-17)27-19-5-2-1-3-6-19/h1-16,27-28H,25-26H2. The fraction of sp³-hybridized carbons (Fsp3) is 0. The lowest BCUT2D eigenvalue weighted by Crippen LogP contribution is -2.00. The molecule has 6 N–H and O–H groups in total. The van der Waals surface area contributed by atoms with Gasteiger partial charge >= 0.3 is 0 Å². The van der Waals surface area contributed by atoms with Crippen LogP contribution in [0, 0.1) is 0 Å². The molecule has 0 amide bonds. The van der Waals surface area contributed by atoms with E-state index in [-0.39, 0.29) is 0 Å². The second kappa shape index (κ2) is 7.76. The fourth-order valence-corrected chi connectivity index (χ4v) is 3.03. The molecule has 0 heterocycles. The molecule has 0 atom stereocenters. The Bertz CT molecular complexity index is 1060. The van der Waals surface area contributed by atoms with Crippen LogP contribution in [0.2, 0.25) is 0 Å². The Balaban J connectivity index is 1.47. The van der Waals surface area contributed by atoms with Crippen LogP contribution in [0.4, 0.5) is 34.1 Å². The van der Waals surface area contributed by atoms with Crippen LogP contribution in [0.5, 0.6) is 0 Å². The molecule has 0 aliphatic rings. The predicted molar refractivity (Wildman–Crippen MR) is 120 cm³/mol. The minimum absolute atomic E-state index is 0.563. The van der Waals surface area contributed by atoms with Gasteiger partial charge in [0.1, 0.15) is 0 Å². The van der Waals surface area contributed by atoms with Gasteiger partial charge in [-0.3, -0.25) is 0 Å². The molecule has 0 unspecified atom stereocenters. The van der Waals surface area contributed by atoms with Crippen LogP contribution in [0.3, 0.4) is 0 Å². The summed E-state index contributed by atoms with van der Waals surface area (Å²) in [6.07, 6.45) is 0. The fourth-order valence-electron chi connectivity index (χ4n) is 3.03. The Morgan fingerprint density at radius 3 is 1.61 bits per heavy atom. The maximum atomic E-state index is 6.03. The molecule has 0 aliphatic heterocycles. The number of hydrogen-bond acceptors (Lipinski definition) is 4. The molecule has 138 valence electrons. The van der Waals surface area contributed by atoms with Crippen LogP contribution < -0.4 is 22.1 Å². The quantitative estimate of drug-likeness (QED) is 0.327. The summed E-state index contributed by atoms with van der Waals surface area (Å²) in [6.45, 7) is 0. The van der Waals surface area contributed by atoms with Crippen molar-refractivity contribution < 1.29 is 0 Å². The summed E-state index contributed by atoms with van der Waals surface area (Å²) in [5.41, 5.74) is 19.2. The van der Waals surface area contributed by atoms with Gasteiger partial charge in [0, 0.05) is 17.1 Å². The summed E-state index contributed by atoms with van der Waals surface area (Å²) in [5.74, 6) is 0. The second-order valence-electron chi connectivity index (χ2n) is 6.58. The number of anilines is 6. The van der Waals surface area contributed by atoms with Crippen molar-refractivity contribution in [1.82, 2.24) is 0 Å². The van der Waals surface area contributed by atoms with E-state index in [2.05, 4.69) is 47.0 Å². The minimum atomic E-state index is 0.563. The van der Waals surface area contributed by atoms with Crippen molar-refractivity contribution >= 4 is 34.1 Å². The SMILES string of the molecule is Nc1cccc(Nc2ccc(-c3ccc(Nc4ccccc4)cc3)cc2)c1N. The first-order chi connectivity index (χ1) is 13.7. The zero-order valence-corrected chi connectivity index (χ0v) is 15.4. The van der Waals surface area contributed by atoms with Crippen LogP contribution in [-0.2, 0) is 0 Å². The number of nitrogen functional groups attached to an aromatic ring is 2. The predicted octanol–water partition coefficient (Wildman–Crippen LogP) is 6.01. The Labute approximate surface area is 164 Å². The first-order valence-electron chi connectivity index (χ1n) is 9.12. The number of hydrogen-bond donors (Lipinski definition) is 4. The van der Waals surface area contributed by atoms with E-state index in [1.54, 1.807) is 6.07 Å². The van der Waals surface area contributed by atoms with E-state index >= 15 is 0 Å². The number of nitrogens with one attached hydrogen (secondary N) is 2. The molecule has 0 fully saturated rings. The monoisotopic (exact) mass is 366 g/mol. The molecular weight excluding hydrogens is 344 g/mol. The Hall–Kier alpha value is -3.92. The molecule has 0 aliphatic carbocycles. The highest BCUT2D eigenvalue weighted by atomic mass is 14.9. The second-order valence-corrected chi connectivity index (χ2v) is 6.58. The summed E-state index contributed by atoms with van der Waals surface area (Å²) >= 11 is 0. The summed E-state index contributed by atoms with van der Waals surface area (Å²) < 4.78 is 0. The van der Waals surface area contributed by atoms with Gasteiger partial charge in [0.15, 0.2) is 0 Å². The topological polar surface area (TPSA) is 76.1 Å². The van der Waals surface area contributed by atoms with Crippen LogP contribution in [0.15, 0.2) is 97.1 Å². The van der Waals surface area contributed by atoms with Gasteiger partial charge in [0.2, 0.25) is 0 Å². The first kappa shape index (κ1) is 17.5. The summed E-state index contributed by atoms with van der Waals surface area (Å²) in [6, 6.07) is 32.4. The van der Waals surface area contributed by atoms with Crippen LogP contribution in [0.25, 0.3) is 11.1 Å². The van der Waals surface area contributed by atoms with Crippen molar-refractivity contribution in [1.29, 1.82) is 0 Å². The van der Waals surface area contributed by atoms with Crippen LogP contribution in [0.1, 0.15) is 0 Å². The van der Waals surface area contributed by atoms with E-state index in [9.17, 15) is 0 Å². The normalized spacial score (nSPS) is 10.4. The average molecular weight is 366 g/mol. The highest BCUT2D eigenvalue weighted by Gasteiger charge is 2.04. The van der Waals surface area contributed by atoms with Gasteiger partial charge in [-0.05, 0) is 59.7 Å². The van der Waals surface area contributed by atoms with Gasteiger partial charge in [-0.25, -0.2) is 0 Å². The third-order valence-electron chi connectivity index (χ3n) is 4.58. The third-order valence-corrected chi connectivity index (χ3v) is 4.58. The number of rotatable bonds is 5. The molecule has 0 saturated heterocycles. The highest BCUT2D eigenvalue weighted by Crippen LogP contribution is 2.29. The van der Waals surface area contributed by atoms with Gasteiger partial charge in [-0.15, -0.1) is 0 Å².